The molecule has 1 aromatic carbocycles. The van der Waals surface area contributed by atoms with Crippen molar-refractivity contribution in [2.24, 2.45) is 0 Å². The van der Waals surface area contributed by atoms with E-state index in [2.05, 4.69) is 4.90 Å². The summed E-state index contributed by atoms with van der Waals surface area (Å²) >= 11 is 0. The van der Waals surface area contributed by atoms with E-state index in [1.54, 1.807) is 6.07 Å². The predicted octanol–water partition coefficient (Wildman–Crippen LogP) is 0.458. The van der Waals surface area contributed by atoms with Gasteiger partial charge in [-0.15, -0.1) is 0 Å². The Morgan fingerprint density at radius 1 is 1.29 bits per heavy atom. The first-order chi connectivity index (χ1) is 13.3. The first kappa shape index (κ1) is 21.2. The van der Waals surface area contributed by atoms with Gasteiger partial charge in [0, 0.05) is 25.7 Å². The normalized spacial score (nSPS) is 22.9. The van der Waals surface area contributed by atoms with Crippen molar-refractivity contribution in [3.63, 3.8) is 0 Å². The lowest BCUT2D eigenvalue weighted by Crippen LogP contribution is -2.43. The van der Waals surface area contributed by atoms with Crippen LogP contribution in [0.3, 0.4) is 0 Å². The van der Waals surface area contributed by atoms with Gasteiger partial charge in [-0.2, -0.15) is 9.57 Å². The van der Waals surface area contributed by atoms with Crippen molar-refractivity contribution in [2.45, 2.75) is 23.8 Å². The second-order valence-corrected chi connectivity index (χ2v) is 11.2. The first-order valence-corrected chi connectivity index (χ1v) is 12.6. The number of ether oxygens (including phenoxy) is 1. The van der Waals surface area contributed by atoms with Crippen LogP contribution < -0.4 is 0 Å². The molecule has 0 radical (unpaired) electrons. The Kier molecular flexibility index (Phi) is 6.73. The number of sulfone groups is 1. The summed E-state index contributed by atoms with van der Waals surface area (Å²) in [6.07, 6.45) is 0.908. The Bertz CT molecular complexity index is 934. The molecule has 0 N–H and O–H groups in total. The maximum atomic E-state index is 13.3. The van der Waals surface area contributed by atoms with Crippen LogP contribution in [-0.4, -0.2) is 83.0 Å². The van der Waals surface area contributed by atoms with Gasteiger partial charge >= 0.3 is 0 Å². The third kappa shape index (κ3) is 5.10. The fraction of sp³-hybridized carbons (Fsp3) is 0.611. The minimum Gasteiger partial charge on any atom is -0.379 e. The number of benzene rings is 1. The highest BCUT2D eigenvalue weighted by Gasteiger charge is 2.38. The smallest absolute Gasteiger partial charge is 0.243 e. The van der Waals surface area contributed by atoms with Crippen LogP contribution >= 0.6 is 0 Å². The van der Waals surface area contributed by atoms with E-state index in [-0.39, 0.29) is 28.5 Å². The van der Waals surface area contributed by atoms with Gasteiger partial charge in [0.1, 0.15) is 0 Å². The van der Waals surface area contributed by atoms with Crippen molar-refractivity contribution in [1.82, 2.24) is 9.21 Å². The molecule has 0 aromatic heterocycles. The van der Waals surface area contributed by atoms with Crippen LogP contribution in [0.25, 0.3) is 0 Å². The van der Waals surface area contributed by atoms with E-state index < -0.39 is 25.9 Å². The van der Waals surface area contributed by atoms with Crippen molar-refractivity contribution in [1.29, 1.82) is 5.26 Å². The van der Waals surface area contributed by atoms with Crippen LogP contribution in [0, 0.1) is 11.3 Å². The number of sulfonamides is 1. The molecule has 2 aliphatic heterocycles. The van der Waals surface area contributed by atoms with Gasteiger partial charge in [0.2, 0.25) is 10.0 Å². The molecule has 0 spiro atoms. The third-order valence-corrected chi connectivity index (χ3v) is 8.84. The minimum atomic E-state index is -3.90. The van der Waals surface area contributed by atoms with Gasteiger partial charge in [-0.1, -0.05) is 6.07 Å². The third-order valence-electron chi connectivity index (χ3n) is 5.14. The average Bonchev–Trinajstić information content (AvgIpc) is 3.05. The Hall–Kier alpha value is -1.51. The average molecular weight is 428 g/mol. The van der Waals surface area contributed by atoms with Crippen molar-refractivity contribution in [3.05, 3.63) is 29.8 Å². The quantitative estimate of drug-likeness (QED) is 0.622. The largest absolute Gasteiger partial charge is 0.379 e. The zero-order valence-corrected chi connectivity index (χ0v) is 17.3. The van der Waals surface area contributed by atoms with E-state index in [9.17, 15) is 16.8 Å². The lowest BCUT2D eigenvalue weighted by atomic mass is 10.2. The maximum absolute atomic E-state index is 13.3. The molecule has 8 nitrogen and oxygen atoms in total. The molecule has 2 heterocycles. The van der Waals surface area contributed by atoms with Crippen LogP contribution in [-0.2, 0) is 24.6 Å². The molecule has 1 unspecified atom stereocenters. The molecule has 154 valence electrons. The van der Waals surface area contributed by atoms with Crippen LogP contribution in [0.5, 0.6) is 0 Å². The van der Waals surface area contributed by atoms with E-state index in [1.165, 1.54) is 22.5 Å². The first-order valence-electron chi connectivity index (χ1n) is 9.34. The standard InChI is InChI=1S/C18H25N3O5S2/c19-14-16-3-1-4-18(13-16)28(24,25)21(17-5-12-27(22,23)15-17)7-2-6-20-8-10-26-11-9-20/h1,3-4,13,17H,2,5-12,15H2. The zero-order valence-electron chi connectivity index (χ0n) is 15.7. The van der Waals surface area contributed by atoms with Crippen molar-refractivity contribution in [2.75, 3.05) is 50.9 Å². The molecule has 0 bridgehead atoms. The summed E-state index contributed by atoms with van der Waals surface area (Å²) < 4.78 is 57.1. The van der Waals surface area contributed by atoms with Gasteiger partial charge in [0.15, 0.2) is 9.84 Å². The molecule has 10 heteroatoms. The lowest BCUT2D eigenvalue weighted by molar-refractivity contribution is 0.0367. The summed E-state index contributed by atoms with van der Waals surface area (Å²) in [5.74, 6) is -0.146. The van der Waals surface area contributed by atoms with E-state index >= 15 is 0 Å². The summed E-state index contributed by atoms with van der Waals surface area (Å²) in [6.45, 7) is 3.95. The van der Waals surface area contributed by atoms with Gasteiger partial charge in [-0.3, -0.25) is 4.90 Å². The van der Waals surface area contributed by atoms with E-state index in [4.69, 9.17) is 10.00 Å². The van der Waals surface area contributed by atoms with E-state index in [1.807, 2.05) is 6.07 Å². The van der Waals surface area contributed by atoms with Gasteiger partial charge in [0.25, 0.3) is 0 Å². The summed E-state index contributed by atoms with van der Waals surface area (Å²) in [7, 11) is -7.12. The van der Waals surface area contributed by atoms with E-state index in [0.717, 1.165) is 19.6 Å². The number of hydrogen-bond donors (Lipinski definition) is 0. The Labute approximate surface area is 166 Å². The SMILES string of the molecule is N#Cc1cccc(S(=O)(=O)N(CCCN2CCOCC2)C2CCS(=O)(=O)C2)c1. The summed E-state index contributed by atoms with van der Waals surface area (Å²) in [4.78, 5) is 2.25. The monoisotopic (exact) mass is 427 g/mol. The van der Waals surface area contributed by atoms with Crippen LogP contribution in [0.1, 0.15) is 18.4 Å². The van der Waals surface area contributed by atoms with Crippen molar-refractivity contribution < 1.29 is 21.6 Å². The van der Waals surface area contributed by atoms with Gasteiger partial charge in [-0.25, -0.2) is 16.8 Å². The molecule has 2 aliphatic rings. The van der Waals surface area contributed by atoms with Gasteiger partial charge in [-0.05, 0) is 37.6 Å². The fourth-order valence-corrected chi connectivity index (χ4v) is 7.20. The second kappa shape index (κ2) is 8.88. The van der Waals surface area contributed by atoms with Crippen LogP contribution in [0.15, 0.2) is 29.2 Å². The number of morpholine rings is 1. The number of hydrogen-bond acceptors (Lipinski definition) is 7. The summed E-state index contributed by atoms with van der Waals surface area (Å²) in [5.41, 5.74) is 0.258. The summed E-state index contributed by atoms with van der Waals surface area (Å²) in [6, 6.07) is 7.25. The second-order valence-electron chi connectivity index (χ2n) is 7.12. The Balaban J connectivity index is 1.79. The molecule has 28 heavy (non-hydrogen) atoms. The van der Waals surface area contributed by atoms with Gasteiger partial charge < -0.3 is 4.74 Å². The predicted molar refractivity (Wildman–Crippen MR) is 104 cm³/mol. The molecule has 1 aromatic rings. The maximum Gasteiger partial charge on any atom is 0.243 e. The molecule has 3 rings (SSSR count). The molecule has 1 atom stereocenters. The molecular formula is C18H25N3O5S2. The van der Waals surface area contributed by atoms with Gasteiger partial charge in [0.05, 0.1) is 41.2 Å². The molecule has 0 amide bonds. The van der Waals surface area contributed by atoms with Crippen LogP contribution in [0.2, 0.25) is 0 Å². The highest BCUT2D eigenvalue weighted by molar-refractivity contribution is 7.92. The molecular weight excluding hydrogens is 402 g/mol. The number of rotatable bonds is 7. The Morgan fingerprint density at radius 2 is 2.04 bits per heavy atom. The van der Waals surface area contributed by atoms with Crippen molar-refractivity contribution >= 4 is 19.9 Å². The van der Waals surface area contributed by atoms with E-state index in [0.29, 0.717) is 26.1 Å². The number of nitrogens with zero attached hydrogens (tertiary/aromatic N) is 3. The summed E-state index contributed by atoms with van der Waals surface area (Å²) in [5, 5.41) is 9.08. The molecule has 2 saturated heterocycles. The van der Waals surface area contributed by atoms with Crippen LogP contribution in [0.4, 0.5) is 0 Å². The highest BCUT2D eigenvalue weighted by Crippen LogP contribution is 2.26. The minimum absolute atomic E-state index is 0.00534. The highest BCUT2D eigenvalue weighted by atomic mass is 32.2. The zero-order chi connectivity index (χ0) is 20.2. The topological polar surface area (TPSA) is 108 Å². The molecule has 0 saturated carbocycles. The fourth-order valence-electron chi connectivity index (χ4n) is 3.64. The Morgan fingerprint density at radius 3 is 2.68 bits per heavy atom. The lowest BCUT2D eigenvalue weighted by Gasteiger charge is -2.30. The molecule has 2 fully saturated rings. The molecule has 0 aliphatic carbocycles. The van der Waals surface area contributed by atoms with Crippen molar-refractivity contribution in [3.8, 4) is 6.07 Å². The number of nitriles is 1.